The molecule has 0 unspecified atom stereocenters. The number of nitrogens with zero attached hydrogens (tertiary/aromatic N) is 3. The largest absolute Gasteiger partial charge is 0.366 e. The van der Waals surface area contributed by atoms with E-state index in [0.717, 1.165) is 48.1 Å². The van der Waals surface area contributed by atoms with Crippen LogP contribution in [0.4, 0.5) is 5.82 Å². The van der Waals surface area contributed by atoms with Crippen molar-refractivity contribution >= 4 is 22.5 Å². The smallest absolute Gasteiger partial charge is 0.254 e. The molecule has 1 saturated heterocycles. The van der Waals surface area contributed by atoms with E-state index in [4.69, 9.17) is 0 Å². The highest BCUT2D eigenvalue weighted by molar-refractivity contribution is 6.07. The van der Waals surface area contributed by atoms with E-state index in [9.17, 15) is 4.79 Å². The molecule has 0 atom stereocenters. The van der Waals surface area contributed by atoms with Crippen LogP contribution in [0.1, 0.15) is 23.2 Å². The summed E-state index contributed by atoms with van der Waals surface area (Å²) >= 11 is 0. The standard InChI is InChI=1S/C20H20N4O/c25-20(18-8-3-6-15-5-1-2-7-17(15)18)24-13-10-16(11-14-24)22-19-9-4-12-21-23-19/h1-9,12,16H,10-11,13-14H2,(H,22,23). The highest BCUT2D eigenvalue weighted by Gasteiger charge is 2.24. The Labute approximate surface area is 146 Å². The van der Waals surface area contributed by atoms with Gasteiger partial charge in [0.05, 0.1) is 0 Å². The van der Waals surface area contributed by atoms with Crippen molar-refractivity contribution in [2.75, 3.05) is 18.4 Å². The van der Waals surface area contributed by atoms with E-state index in [2.05, 4.69) is 15.5 Å². The summed E-state index contributed by atoms with van der Waals surface area (Å²) in [7, 11) is 0. The molecule has 1 amide bonds. The first-order valence-corrected chi connectivity index (χ1v) is 8.62. The zero-order valence-electron chi connectivity index (χ0n) is 13.9. The number of hydrogen-bond acceptors (Lipinski definition) is 4. The van der Waals surface area contributed by atoms with Crippen LogP contribution < -0.4 is 5.32 Å². The molecule has 2 aromatic carbocycles. The molecule has 1 aromatic heterocycles. The SMILES string of the molecule is O=C(c1cccc2ccccc12)N1CCC(Nc2cccnn2)CC1. The molecule has 0 spiro atoms. The van der Waals surface area contributed by atoms with Gasteiger partial charge in [-0.3, -0.25) is 4.79 Å². The number of fused-ring (bicyclic) bond motifs is 1. The number of piperidine rings is 1. The van der Waals surface area contributed by atoms with Gasteiger partial charge in [0.1, 0.15) is 5.82 Å². The zero-order chi connectivity index (χ0) is 17.1. The lowest BCUT2D eigenvalue weighted by Gasteiger charge is -2.32. The number of benzene rings is 2. The van der Waals surface area contributed by atoms with Gasteiger partial charge >= 0.3 is 0 Å². The molecule has 5 nitrogen and oxygen atoms in total. The Morgan fingerprint density at radius 1 is 1.00 bits per heavy atom. The van der Waals surface area contributed by atoms with Gasteiger partial charge in [-0.15, -0.1) is 5.10 Å². The Balaban J connectivity index is 1.44. The molecule has 1 aliphatic heterocycles. The lowest BCUT2D eigenvalue weighted by Crippen LogP contribution is -2.42. The Hall–Kier alpha value is -2.95. The molecule has 3 aromatic rings. The quantitative estimate of drug-likeness (QED) is 0.799. The highest BCUT2D eigenvalue weighted by Crippen LogP contribution is 2.22. The number of rotatable bonds is 3. The average Bonchev–Trinajstić information content (AvgIpc) is 2.68. The number of amides is 1. The van der Waals surface area contributed by atoms with Gasteiger partial charge < -0.3 is 10.2 Å². The van der Waals surface area contributed by atoms with E-state index < -0.39 is 0 Å². The minimum Gasteiger partial charge on any atom is -0.366 e. The summed E-state index contributed by atoms with van der Waals surface area (Å²) in [6.07, 6.45) is 3.48. The van der Waals surface area contributed by atoms with Gasteiger partial charge in [-0.2, -0.15) is 5.10 Å². The molecule has 0 saturated carbocycles. The second kappa shape index (κ2) is 6.89. The maximum Gasteiger partial charge on any atom is 0.254 e. The Kier molecular flexibility index (Phi) is 4.29. The van der Waals surface area contributed by atoms with E-state index >= 15 is 0 Å². The van der Waals surface area contributed by atoms with Crippen molar-refractivity contribution < 1.29 is 4.79 Å². The fraction of sp³-hybridized carbons (Fsp3) is 0.250. The maximum atomic E-state index is 13.0. The molecular weight excluding hydrogens is 312 g/mol. The normalized spacial score (nSPS) is 15.3. The van der Waals surface area contributed by atoms with Gasteiger partial charge in [-0.1, -0.05) is 36.4 Å². The van der Waals surface area contributed by atoms with E-state index in [-0.39, 0.29) is 5.91 Å². The minimum absolute atomic E-state index is 0.120. The minimum atomic E-state index is 0.120. The second-order valence-corrected chi connectivity index (χ2v) is 6.35. The summed E-state index contributed by atoms with van der Waals surface area (Å²) in [6.45, 7) is 1.50. The average molecular weight is 332 g/mol. The van der Waals surface area contributed by atoms with Crippen molar-refractivity contribution in [1.82, 2.24) is 15.1 Å². The van der Waals surface area contributed by atoms with Crippen LogP contribution in [0.25, 0.3) is 10.8 Å². The summed E-state index contributed by atoms with van der Waals surface area (Å²) in [6, 6.07) is 18.1. The van der Waals surface area contributed by atoms with Crippen LogP contribution in [0.2, 0.25) is 0 Å². The number of carbonyl (C=O) groups is 1. The first-order valence-electron chi connectivity index (χ1n) is 8.62. The molecule has 1 fully saturated rings. The van der Waals surface area contributed by atoms with E-state index in [1.165, 1.54) is 0 Å². The lowest BCUT2D eigenvalue weighted by atomic mass is 10.0. The van der Waals surface area contributed by atoms with Crippen molar-refractivity contribution in [3.8, 4) is 0 Å². The third-order valence-corrected chi connectivity index (χ3v) is 4.73. The first-order chi connectivity index (χ1) is 12.3. The third-order valence-electron chi connectivity index (χ3n) is 4.73. The molecule has 126 valence electrons. The van der Waals surface area contributed by atoms with Crippen molar-refractivity contribution in [2.24, 2.45) is 0 Å². The number of nitrogens with one attached hydrogen (secondary N) is 1. The second-order valence-electron chi connectivity index (χ2n) is 6.35. The van der Waals surface area contributed by atoms with Gasteiger partial charge in [-0.05, 0) is 41.8 Å². The molecule has 0 radical (unpaired) electrons. The van der Waals surface area contributed by atoms with Crippen LogP contribution in [0.15, 0.2) is 60.8 Å². The third kappa shape index (κ3) is 3.31. The molecule has 0 aliphatic carbocycles. The molecule has 4 rings (SSSR count). The van der Waals surface area contributed by atoms with Crippen molar-refractivity contribution in [2.45, 2.75) is 18.9 Å². The molecule has 0 bridgehead atoms. The predicted molar refractivity (Wildman–Crippen MR) is 98.5 cm³/mol. The highest BCUT2D eigenvalue weighted by atomic mass is 16.2. The Morgan fingerprint density at radius 3 is 2.60 bits per heavy atom. The number of aromatic nitrogens is 2. The van der Waals surface area contributed by atoms with Gasteiger partial charge in [0.2, 0.25) is 0 Å². The van der Waals surface area contributed by atoms with Crippen LogP contribution >= 0.6 is 0 Å². The predicted octanol–water partition coefficient (Wildman–Crippen LogP) is 3.35. The number of likely N-dealkylation sites (tertiary alicyclic amines) is 1. The van der Waals surface area contributed by atoms with Crippen LogP contribution in [-0.4, -0.2) is 40.1 Å². The van der Waals surface area contributed by atoms with Gasteiger partial charge in [0, 0.05) is 30.9 Å². The van der Waals surface area contributed by atoms with Gasteiger partial charge in [-0.25, -0.2) is 0 Å². The summed E-state index contributed by atoms with van der Waals surface area (Å²) in [5.74, 6) is 0.913. The van der Waals surface area contributed by atoms with Gasteiger partial charge in [0.15, 0.2) is 0 Å². The molecule has 1 aliphatic rings. The fourth-order valence-electron chi connectivity index (χ4n) is 3.40. The van der Waals surface area contributed by atoms with Crippen LogP contribution in [0.5, 0.6) is 0 Å². The van der Waals surface area contributed by atoms with Crippen LogP contribution in [-0.2, 0) is 0 Å². The van der Waals surface area contributed by atoms with Crippen LogP contribution in [0.3, 0.4) is 0 Å². The molecular formula is C20H20N4O. The van der Waals surface area contributed by atoms with Crippen molar-refractivity contribution in [3.05, 3.63) is 66.4 Å². The zero-order valence-corrected chi connectivity index (χ0v) is 13.9. The monoisotopic (exact) mass is 332 g/mol. The lowest BCUT2D eigenvalue weighted by molar-refractivity contribution is 0.0720. The van der Waals surface area contributed by atoms with Crippen molar-refractivity contribution in [1.29, 1.82) is 0 Å². The van der Waals surface area contributed by atoms with Crippen LogP contribution in [0, 0.1) is 0 Å². The van der Waals surface area contributed by atoms with E-state index in [1.807, 2.05) is 59.5 Å². The Morgan fingerprint density at radius 2 is 1.80 bits per heavy atom. The van der Waals surface area contributed by atoms with E-state index in [0.29, 0.717) is 6.04 Å². The van der Waals surface area contributed by atoms with Gasteiger partial charge in [0.25, 0.3) is 5.91 Å². The molecule has 2 heterocycles. The number of carbonyl (C=O) groups excluding carboxylic acids is 1. The molecule has 1 N–H and O–H groups in total. The Bertz CT molecular complexity index is 868. The summed E-state index contributed by atoms with van der Waals surface area (Å²) in [4.78, 5) is 14.9. The summed E-state index contributed by atoms with van der Waals surface area (Å²) in [5.41, 5.74) is 0.790. The summed E-state index contributed by atoms with van der Waals surface area (Å²) < 4.78 is 0. The first kappa shape index (κ1) is 15.6. The van der Waals surface area contributed by atoms with E-state index in [1.54, 1.807) is 6.20 Å². The van der Waals surface area contributed by atoms with Crippen molar-refractivity contribution in [3.63, 3.8) is 0 Å². The summed E-state index contributed by atoms with van der Waals surface area (Å²) in [5, 5.41) is 13.5. The topological polar surface area (TPSA) is 58.1 Å². The maximum absolute atomic E-state index is 13.0. The number of hydrogen-bond donors (Lipinski definition) is 1. The number of anilines is 1. The molecule has 5 heteroatoms. The fourth-order valence-corrected chi connectivity index (χ4v) is 3.40. The molecule has 25 heavy (non-hydrogen) atoms.